The largest absolute Gasteiger partial charge is 0.333 e. The Labute approximate surface area is 412 Å². The normalized spacial score (nSPS) is 17.4. The number of aromatic nitrogens is 1. The van der Waals surface area contributed by atoms with E-state index in [2.05, 4.69) is 249 Å². The Morgan fingerprint density at radius 2 is 1.19 bits per heavy atom. The van der Waals surface area contributed by atoms with E-state index >= 15 is 0 Å². The molecular weight excluding hydrogens is 845 g/mol. The van der Waals surface area contributed by atoms with Crippen LogP contribution < -0.4 is 4.90 Å². The van der Waals surface area contributed by atoms with Crippen LogP contribution in [0.3, 0.4) is 0 Å². The molecule has 2 unspecified atom stereocenters. The van der Waals surface area contributed by atoms with Crippen LogP contribution in [-0.2, 0) is 5.41 Å². The van der Waals surface area contributed by atoms with Crippen LogP contribution in [0, 0.1) is 5.92 Å². The van der Waals surface area contributed by atoms with E-state index in [0.717, 1.165) is 0 Å². The van der Waals surface area contributed by atoms with E-state index < -0.39 is 0 Å². The summed E-state index contributed by atoms with van der Waals surface area (Å²) in [6, 6.07) is 75.3. The lowest BCUT2D eigenvalue weighted by Gasteiger charge is -2.38. The first-order chi connectivity index (χ1) is 34.4. The third kappa shape index (κ3) is 6.99. The van der Waals surface area contributed by atoms with Crippen molar-refractivity contribution in [3.8, 4) is 39.1 Å². The maximum Gasteiger partial charge on any atom is 0.0586 e. The molecule has 3 aliphatic rings. The first-order valence-corrected chi connectivity index (χ1v) is 25.6. The second-order valence-electron chi connectivity index (χ2n) is 20.7. The van der Waals surface area contributed by atoms with Crippen molar-refractivity contribution >= 4 is 49.5 Å². The lowest BCUT2D eigenvalue weighted by molar-refractivity contribution is 0.445. The van der Waals surface area contributed by atoms with E-state index in [0.29, 0.717) is 5.92 Å². The Bertz CT molecular complexity index is 3680. The second kappa shape index (κ2) is 17.1. The number of rotatable bonds is 8. The minimum Gasteiger partial charge on any atom is -0.333 e. The minimum absolute atomic E-state index is 0.0487. The zero-order chi connectivity index (χ0) is 46.9. The maximum absolute atomic E-state index is 2.63. The zero-order valence-corrected chi connectivity index (χ0v) is 40.4. The molecule has 340 valence electrons. The van der Waals surface area contributed by atoms with Crippen LogP contribution in [0.1, 0.15) is 81.0 Å². The molecular formula is C68H58N2. The van der Waals surface area contributed by atoms with Crippen molar-refractivity contribution in [2.24, 2.45) is 5.92 Å². The van der Waals surface area contributed by atoms with E-state index in [-0.39, 0.29) is 17.4 Å². The summed E-state index contributed by atoms with van der Waals surface area (Å²) in [5.74, 6) is 0.799. The Kier molecular flexibility index (Phi) is 10.3. The van der Waals surface area contributed by atoms with Crippen LogP contribution >= 0.6 is 0 Å². The van der Waals surface area contributed by atoms with E-state index in [1.54, 1.807) is 0 Å². The minimum atomic E-state index is -0.0487. The number of fused-ring (bicyclic) bond motifs is 7. The van der Waals surface area contributed by atoms with Crippen molar-refractivity contribution in [1.82, 2.24) is 4.57 Å². The Hall–Kier alpha value is -7.68. The van der Waals surface area contributed by atoms with Crippen LogP contribution in [0.25, 0.3) is 77.2 Å². The van der Waals surface area contributed by atoms with Gasteiger partial charge in [0, 0.05) is 38.8 Å². The molecule has 2 atom stereocenters. The van der Waals surface area contributed by atoms with Gasteiger partial charge in [0.2, 0.25) is 0 Å². The molecule has 13 rings (SSSR count). The quantitative estimate of drug-likeness (QED) is 0.147. The van der Waals surface area contributed by atoms with E-state index in [1.165, 1.54) is 143 Å². The summed E-state index contributed by atoms with van der Waals surface area (Å²) in [6.07, 6.45) is 13.9. The third-order valence-corrected chi connectivity index (χ3v) is 16.3. The molecule has 10 aromatic rings. The van der Waals surface area contributed by atoms with Gasteiger partial charge in [0.05, 0.1) is 17.1 Å². The zero-order valence-electron chi connectivity index (χ0n) is 40.4. The molecule has 1 fully saturated rings. The van der Waals surface area contributed by atoms with Gasteiger partial charge in [-0.25, -0.2) is 0 Å². The molecule has 0 N–H and O–H groups in total. The summed E-state index contributed by atoms with van der Waals surface area (Å²) < 4.78 is 2.39. The SMILES string of the molecule is CC1C=C(c2ccc3c(c2)C(C)(C)c2ccccc2-3)C=CC1N(c1ccc(-c2ccc3c(c2)c2ccccc2n3-c2ccccc2)cc1)c1ccccc1-c1cccc2cccc(C3CCCCC3)c12. The monoisotopic (exact) mass is 902 g/mol. The molecule has 2 nitrogen and oxygen atoms in total. The number of nitrogens with zero attached hydrogens (tertiary/aromatic N) is 2. The fourth-order valence-corrected chi connectivity index (χ4v) is 12.8. The molecule has 0 bridgehead atoms. The highest BCUT2D eigenvalue weighted by molar-refractivity contribution is 6.10. The van der Waals surface area contributed by atoms with Gasteiger partial charge in [0.15, 0.2) is 0 Å². The van der Waals surface area contributed by atoms with E-state index in [1.807, 2.05) is 0 Å². The topological polar surface area (TPSA) is 8.17 Å². The number of hydrogen-bond acceptors (Lipinski definition) is 1. The summed E-state index contributed by atoms with van der Waals surface area (Å²) in [5.41, 5.74) is 20.6. The predicted molar refractivity (Wildman–Crippen MR) is 298 cm³/mol. The summed E-state index contributed by atoms with van der Waals surface area (Å²) in [4.78, 5) is 2.63. The molecule has 3 aliphatic carbocycles. The van der Waals surface area contributed by atoms with Crippen molar-refractivity contribution in [1.29, 1.82) is 0 Å². The maximum atomic E-state index is 2.63. The number of anilines is 2. The second-order valence-corrected chi connectivity index (χ2v) is 20.7. The predicted octanol–water partition coefficient (Wildman–Crippen LogP) is 18.4. The highest BCUT2D eigenvalue weighted by Gasteiger charge is 2.36. The first kappa shape index (κ1) is 42.4. The van der Waals surface area contributed by atoms with Gasteiger partial charge in [-0.05, 0) is 146 Å². The Balaban J connectivity index is 0.921. The summed E-state index contributed by atoms with van der Waals surface area (Å²) >= 11 is 0. The molecule has 70 heavy (non-hydrogen) atoms. The summed E-state index contributed by atoms with van der Waals surface area (Å²) in [5, 5.41) is 5.27. The molecule has 0 spiro atoms. The van der Waals surface area contributed by atoms with Crippen molar-refractivity contribution in [3.05, 3.63) is 241 Å². The van der Waals surface area contributed by atoms with Crippen LogP contribution in [0.15, 0.2) is 218 Å². The third-order valence-electron chi connectivity index (χ3n) is 16.3. The average molecular weight is 903 g/mol. The molecule has 1 heterocycles. The van der Waals surface area contributed by atoms with Crippen molar-refractivity contribution in [3.63, 3.8) is 0 Å². The van der Waals surface area contributed by atoms with Crippen LogP contribution in [0.4, 0.5) is 11.4 Å². The molecule has 0 aliphatic heterocycles. The molecule has 0 saturated heterocycles. The first-order valence-electron chi connectivity index (χ1n) is 25.6. The molecule has 1 aromatic heterocycles. The van der Waals surface area contributed by atoms with Gasteiger partial charge in [-0.15, -0.1) is 0 Å². The fraction of sp³-hybridized carbons (Fsp3) is 0.176. The molecule has 2 heteroatoms. The fourth-order valence-electron chi connectivity index (χ4n) is 12.8. The van der Waals surface area contributed by atoms with Crippen molar-refractivity contribution in [2.45, 2.75) is 70.3 Å². The Morgan fingerprint density at radius 3 is 2.01 bits per heavy atom. The smallest absolute Gasteiger partial charge is 0.0586 e. The van der Waals surface area contributed by atoms with Gasteiger partial charge in [-0.3, -0.25) is 0 Å². The highest BCUT2D eigenvalue weighted by atomic mass is 15.2. The van der Waals surface area contributed by atoms with Crippen LogP contribution in [0.2, 0.25) is 0 Å². The van der Waals surface area contributed by atoms with E-state index in [4.69, 9.17) is 0 Å². The molecule has 0 amide bonds. The number of para-hydroxylation sites is 3. The Morgan fingerprint density at radius 1 is 0.514 bits per heavy atom. The molecule has 9 aromatic carbocycles. The van der Waals surface area contributed by atoms with Gasteiger partial charge in [0.25, 0.3) is 0 Å². The van der Waals surface area contributed by atoms with Crippen LogP contribution in [-0.4, -0.2) is 10.6 Å². The van der Waals surface area contributed by atoms with Crippen molar-refractivity contribution < 1.29 is 0 Å². The number of allylic oxidation sites excluding steroid dienone is 2. The molecule has 1 saturated carbocycles. The molecule has 0 radical (unpaired) electrons. The van der Waals surface area contributed by atoms with E-state index in [9.17, 15) is 0 Å². The average Bonchev–Trinajstić information content (AvgIpc) is 3.87. The van der Waals surface area contributed by atoms with Gasteiger partial charge in [-0.1, -0.05) is 204 Å². The standard InChI is InChI=1S/C68H58N2/c1-45-42-49(51-34-39-56-55-24-10-13-29-61(55)68(2,3)62(56)44-51)35-40-63(45)69(64-30-14-11-25-57(64)59-28-17-21-48-20-16-27-54(67(48)59)47-18-6-4-7-19-47)53-37-32-46(33-38-53)50-36-41-66-60(43-50)58-26-12-15-31-65(58)70(66)52-22-8-5-9-23-52/h5,8-17,20-45,47,63H,4,6-7,18-19H2,1-3H3. The van der Waals surface area contributed by atoms with Gasteiger partial charge in [0.1, 0.15) is 0 Å². The van der Waals surface area contributed by atoms with Gasteiger partial charge < -0.3 is 9.47 Å². The van der Waals surface area contributed by atoms with Gasteiger partial charge >= 0.3 is 0 Å². The van der Waals surface area contributed by atoms with Crippen molar-refractivity contribution in [2.75, 3.05) is 4.90 Å². The lowest BCUT2D eigenvalue weighted by atomic mass is 9.80. The summed E-state index contributed by atoms with van der Waals surface area (Å²) in [6.45, 7) is 7.16. The number of benzene rings is 9. The highest BCUT2D eigenvalue weighted by Crippen LogP contribution is 2.50. The van der Waals surface area contributed by atoms with Gasteiger partial charge in [-0.2, -0.15) is 0 Å². The summed E-state index contributed by atoms with van der Waals surface area (Å²) in [7, 11) is 0. The van der Waals surface area contributed by atoms with Crippen LogP contribution in [0.5, 0.6) is 0 Å². The number of hydrogen-bond donors (Lipinski definition) is 0. The lowest BCUT2D eigenvalue weighted by Crippen LogP contribution is -2.36.